The van der Waals surface area contributed by atoms with E-state index in [1.807, 2.05) is 0 Å². The van der Waals surface area contributed by atoms with Crippen LogP contribution in [0.15, 0.2) is 12.1 Å². The fourth-order valence-corrected chi connectivity index (χ4v) is 1.66. The number of carbonyl (C=O) groups is 2. The molecule has 70 valence electrons. The number of amides is 1. The fourth-order valence-electron chi connectivity index (χ4n) is 0.789. The second-order valence-corrected chi connectivity index (χ2v) is 3.42. The molecule has 0 atom stereocenters. The maximum atomic E-state index is 11.0. The maximum absolute atomic E-state index is 11.0. The third-order valence-electron chi connectivity index (χ3n) is 1.29. The lowest BCUT2D eigenvalue weighted by molar-refractivity contribution is -0.114. The van der Waals surface area contributed by atoms with Gasteiger partial charge in [0.15, 0.2) is 0 Å². The average Bonchev–Trinajstić information content (AvgIpc) is 2.50. The van der Waals surface area contributed by atoms with Crippen molar-refractivity contribution in [1.82, 2.24) is 0 Å². The van der Waals surface area contributed by atoms with E-state index in [2.05, 4.69) is 10.1 Å². The molecule has 0 aliphatic carbocycles. The quantitative estimate of drug-likeness (QED) is 0.734. The zero-order valence-corrected chi connectivity index (χ0v) is 8.10. The van der Waals surface area contributed by atoms with Gasteiger partial charge in [0, 0.05) is 6.92 Å². The molecule has 0 radical (unpaired) electrons. The van der Waals surface area contributed by atoms with Crippen LogP contribution in [0.4, 0.5) is 5.00 Å². The van der Waals surface area contributed by atoms with E-state index in [0.29, 0.717) is 9.88 Å². The molecule has 1 N–H and O–H groups in total. The second kappa shape index (κ2) is 4.04. The van der Waals surface area contributed by atoms with Crippen LogP contribution in [0.25, 0.3) is 0 Å². The highest BCUT2D eigenvalue weighted by molar-refractivity contribution is 7.18. The predicted molar refractivity (Wildman–Crippen MR) is 50.0 cm³/mol. The van der Waals surface area contributed by atoms with Crippen molar-refractivity contribution >= 4 is 28.2 Å². The molecule has 0 aliphatic heterocycles. The molecular formula is C8H9NO3S. The first-order valence-corrected chi connectivity index (χ1v) is 4.41. The molecule has 1 heterocycles. The van der Waals surface area contributed by atoms with Gasteiger partial charge in [-0.1, -0.05) is 0 Å². The van der Waals surface area contributed by atoms with Gasteiger partial charge in [0.1, 0.15) is 4.88 Å². The monoisotopic (exact) mass is 199 g/mol. The van der Waals surface area contributed by atoms with E-state index < -0.39 is 0 Å². The van der Waals surface area contributed by atoms with Crippen LogP contribution in [-0.4, -0.2) is 19.0 Å². The summed E-state index contributed by atoms with van der Waals surface area (Å²) >= 11 is 1.19. The number of hydrogen-bond donors (Lipinski definition) is 1. The lowest BCUT2D eigenvalue weighted by Gasteiger charge is -1.94. The molecule has 0 aromatic carbocycles. The third kappa shape index (κ3) is 2.55. The highest BCUT2D eigenvalue weighted by atomic mass is 32.1. The summed E-state index contributed by atoms with van der Waals surface area (Å²) in [6, 6.07) is 3.28. The highest BCUT2D eigenvalue weighted by Gasteiger charge is 2.08. The Kier molecular flexibility index (Phi) is 3.02. The first-order chi connectivity index (χ1) is 6.13. The van der Waals surface area contributed by atoms with E-state index in [4.69, 9.17) is 0 Å². The van der Waals surface area contributed by atoms with Gasteiger partial charge >= 0.3 is 5.97 Å². The summed E-state index contributed by atoms with van der Waals surface area (Å²) in [6.45, 7) is 1.41. The fraction of sp³-hybridized carbons (Fsp3) is 0.250. The highest BCUT2D eigenvalue weighted by Crippen LogP contribution is 2.22. The van der Waals surface area contributed by atoms with E-state index in [0.717, 1.165) is 0 Å². The average molecular weight is 199 g/mol. The number of anilines is 1. The van der Waals surface area contributed by atoms with Crippen LogP contribution < -0.4 is 5.32 Å². The van der Waals surface area contributed by atoms with E-state index in [1.54, 1.807) is 12.1 Å². The van der Waals surface area contributed by atoms with Crippen molar-refractivity contribution in [2.24, 2.45) is 0 Å². The minimum Gasteiger partial charge on any atom is -0.465 e. The summed E-state index contributed by atoms with van der Waals surface area (Å²) in [5.41, 5.74) is 0. The summed E-state index contributed by atoms with van der Waals surface area (Å²) in [5, 5.41) is 3.22. The molecular weight excluding hydrogens is 190 g/mol. The first-order valence-electron chi connectivity index (χ1n) is 3.59. The summed E-state index contributed by atoms with van der Waals surface area (Å²) in [4.78, 5) is 22.1. The minimum absolute atomic E-state index is 0.154. The summed E-state index contributed by atoms with van der Waals surface area (Å²) in [7, 11) is 1.32. The van der Waals surface area contributed by atoms with Crippen molar-refractivity contribution in [3.8, 4) is 0 Å². The standard InChI is InChI=1S/C8H9NO3S/c1-5(10)9-7-4-3-6(13-7)8(11)12-2/h3-4H,1-2H3,(H,9,10). The van der Waals surface area contributed by atoms with E-state index in [1.165, 1.54) is 25.4 Å². The van der Waals surface area contributed by atoms with Crippen LogP contribution in [0.2, 0.25) is 0 Å². The number of hydrogen-bond acceptors (Lipinski definition) is 4. The van der Waals surface area contributed by atoms with E-state index >= 15 is 0 Å². The van der Waals surface area contributed by atoms with Crippen LogP contribution in [0.5, 0.6) is 0 Å². The molecule has 1 aromatic rings. The van der Waals surface area contributed by atoms with Crippen molar-refractivity contribution in [3.05, 3.63) is 17.0 Å². The van der Waals surface area contributed by atoms with Crippen LogP contribution in [-0.2, 0) is 9.53 Å². The van der Waals surface area contributed by atoms with Gasteiger partial charge < -0.3 is 10.1 Å². The number of ether oxygens (including phenoxy) is 1. The van der Waals surface area contributed by atoms with Crippen molar-refractivity contribution in [2.75, 3.05) is 12.4 Å². The second-order valence-electron chi connectivity index (χ2n) is 2.34. The molecule has 4 nitrogen and oxygen atoms in total. The Labute approximate surface area is 79.5 Å². The molecule has 13 heavy (non-hydrogen) atoms. The molecule has 0 aliphatic rings. The van der Waals surface area contributed by atoms with E-state index in [-0.39, 0.29) is 11.9 Å². The van der Waals surface area contributed by atoms with Crippen LogP contribution in [0, 0.1) is 0 Å². The van der Waals surface area contributed by atoms with Gasteiger partial charge in [0.05, 0.1) is 12.1 Å². The number of carbonyl (C=O) groups excluding carboxylic acids is 2. The number of esters is 1. The SMILES string of the molecule is COC(=O)c1ccc(NC(C)=O)s1. The number of methoxy groups -OCH3 is 1. The summed E-state index contributed by atoms with van der Waals surface area (Å²) in [6.07, 6.45) is 0. The van der Waals surface area contributed by atoms with E-state index in [9.17, 15) is 9.59 Å². The molecule has 0 unspecified atom stereocenters. The molecule has 1 rings (SSSR count). The zero-order valence-electron chi connectivity index (χ0n) is 7.29. The molecule has 1 amide bonds. The summed E-state index contributed by atoms with van der Waals surface area (Å²) in [5.74, 6) is -0.542. The molecule has 0 bridgehead atoms. The Morgan fingerprint density at radius 3 is 2.69 bits per heavy atom. The smallest absolute Gasteiger partial charge is 0.348 e. The Bertz CT molecular complexity index is 332. The predicted octanol–water partition coefficient (Wildman–Crippen LogP) is 1.49. The number of thiophene rings is 1. The number of rotatable bonds is 2. The molecule has 5 heteroatoms. The maximum Gasteiger partial charge on any atom is 0.348 e. The van der Waals surface area contributed by atoms with Crippen LogP contribution >= 0.6 is 11.3 Å². The molecule has 0 saturated carbocycles. The Hall–Kier alpha value is -1.36. The Balaban J connectivity index is 2.74. The topological polar surface area (TPSA) is 55.4 Å². The van der Waals surface area contributed by atoms with Gasteiger partial charge in [-0.05, 0) is 12.1 Å². The first kappa shape index (κ1) is 9.73. The van der Waals surface area contributed by atoms with Crippen molar-refractivity contribution in [3.63, 3.8) is 0 Å². The van der Waals surface area contributed by atoms with Crippen LogP contribution in [0.1, 0.15) is 16.6 Å². The van der Waals surface area contributed by atoms with Gasteiger partial charge in [-0.25, -0.2) is 4.79 Å². The molecule has 0 fully saturated rings. The molecule has 1 aromatic heterocycles. The zero-order chi connectivity index (χ0) is 9.84. The van der Waals surface area contributed by atoms with Gasteiger partial charge in [0.2, 0.25) is 5.91 Å². The third-order valence-corrected chi connectivity index (χ3v) is 2.27. The normalized spacial score (nSPS) is 9.38. The Morgan fingerprint density at radius 2 is 2.15 bits per heavy atom. The van der Waals surface area contributed by atoms with Crippen molar-refractivity contribution < 1.29 is 14.3 Å². The summed E-state index contributed by atoms with van der Waals surface area (Å²) < 4.78 is 4.51. The van der Waals surface area contributed by atoms with Gasteiger partial charge in [-0.2, -0.15) is 0 Å². The molecule has 0 saturated heterocycles. The van der Waals surface area contributed by atoms with Gasteiger partial charge in [-0.3, -0.25) is 4.79 Å². The lowest BCUT2D eigenvalue weighted by atomic mass is 10.5. The Morgan fingerprint density at radius 1 is 1.46 bits per heavy atom. The minimum atomic E-state index is -0.387. The molecule has 0 spiro atoms. The largest absolute Gasteiger partial charge is 0.465 e. The van der Waals surface area contributed by atoms with Crippen molar-refractivity contribution in [1.29, 1.82) is 0 Å². The van der Waals surface area contributed by atoms with Gasteiger partial charge in [0.25, 0.3) is 0 Å². The van der Waals surface area contributed by atoms with Gasteiger partial charge in [-0.15, -0.1) is 11.3 Å². The van der Waals surface area contributed by atoms with Crippen molar-refractivity contribution in [2.45, 2.75) is 6.92 Å². The number of nitrogens with one attached hydrogen (secondary N) is 1. The van der Waals surface area contributed by atoms with Crippen LogP contribution in [0.3, 0.4) is 0 Å². The lowest BCUT2D eigenvalue weighted by Crippen LogP contribution is -2.03.